The van der Waals surface area contributed by atoms with E-state index in [0.717, 1.165) is 4.88 Å². The molecule has 1 aromatic heterocycles. The first-order valence-corrected chi connectivity index (χ1v) is 8.21. The van der Waals surface area contributed by atoms with Gasteiger partial charge in [-0.1, -0.05) is 18.2 Å². The van der Waals surface area contributed by atoms with Gasteiger partial charge in [-0.05, 0) is 31.2 Å². The first-order chi connectivity index (χ1) is 11.5. The molecule has 0 atom stereocenters. The van der Waals surface area contributed by atoms with E-state index in [9.17, 15) is 14.4 Å². The van der Waals surface area contributed by atoms with E-state index in [2.05, 4.69) is 10.6 Å². The van der Waals surface area contributed by atoms with E-state index in [1.807, 2.05) is 19.1 Å². The van der Waals surface area contributed by atoms with Crippen LogP contribution in [0.15, 0.2) is 42.5 Å². The first-order valence-electron chi connectivity index (χ1n) is 7.40. The third-order valence-electron chi connectivity index (χ3n) is 3.03. The molecule has 7 heteroatoms. The summed E-state index contributed by atoms with van der Waals surface area (Å²) in [6.45, 7) is 1.75. The molecule has 0 radical (unpaired) electrons. The number of carbonyl (C=O) groups is 3. The second kappa shape index (κ2) is 8.83. The number of Topliss-reactive ketones (excluding diaryl/α,β-unsaturated/α-hetero) is 1. The smallest absolute Gasteiger partial charge is 0.319 e. The van der Waals surface area contributed by atoms with Crippen molar-refractivity contribution >= 4 is 34.8 Å². The molecule has 2 N–H and O–H groups in total. The summed E-state index contributed by atoms with van der Waals surface area (Å²) in [5, 5.41) is 5.19. The van der Waals surface area contributed by atoms with Gasteiger partial charge < -0.3 is 15.4 Å². The third-order valence-corrected chi connectivity index (χ3v) is 4.07. The molecular weight excluding hydrogens is 328 g/mol. The van der Waals surface area contributed by atoms with Gasteiger partial charge in [0.25, 0.3) is 0 Å². The Labute approximate surface area is 143 Å². The Balaban J connectivity index is 1.62. The number of esters is 1. The summed E-state index contributed by atoms with van der Waals surface area (Å²) in [7, 11) is 0. The van der Waals surface area contributed by atoms with Crippen molar-refractivity contribution < 1.29 is 19.1 Å². The number of thiophene rings is 1. The first kappa shape index (κ1) is 17.7. The van der Waals surface area contributed by atoms with Gasteiger partial charge in [0.1, 0.15) is 0 Å². The lowest BCUT2D eigenvalue weighted by molar-refractivity contribution is -0.142. The number of hydrogen-bond acceptors (Lipinski definition) is 5. The van der Waals surface area contributed by atoms with Gasteiger partial charge >= 0.3 is 12.0 Å². The minimum atomic E-state index is -0.531. The Kier molecular flexibility index (Phi) is 6.51. The van der Waals surface area contributed by atoms with Crippen molar-refractivity contribution in [2.75, 3.05) is 18.5 Å². The highest BCUT2D eigenvalue weighted by molar-refractivity contribution is 7.14. The fourth-order valence-electron chi connectivity index (χ4n) is 1.85. The Morgan fingerprint density at radius 3 is 2.50 bits per heavy atom. The fourth-order valence-corrected chi connectivity index (χ4v) is 2.64. The summed E-state index contributed by atoms with van der Waals surface area (Å²) in [6.07, 6.45) is -0.00103. The van der Waals surface area contributed by atoms with Gasteiger partial charge in [-0.3, -0.25) is 9.59 Å². The van der Waals surface area contributed by atoms with Crippen molar-refractivity contribution in [1.82, 2.24) is 5.32 Å². The molecule has 0 saturated carbocycles. The number of aryl methyl sites for hydroxylation is 1. The van der Waals surface area contributed by atoms with Crippen molar-refractivity contribution in [3.63, 3.8) is 0 Å². The van der Waals surface area contributed by atoms with Crippen molar-refractivity contribution in [3.8, 4) is 0 Å². The molecule has 0 unspecified atom stereocenters. The largest absolute Gasteiger partial charge is 0.457 e. The van der Waals surface area contributed by atoms with Crippen molar-refractivity contribution in [2.45, 2.75) is 13.3 Å². The maximum atomic E-state index is 11.8. The quantitative estimate of drug-likeness (QED) is 0.596. The SMILES string of the molecule is Cc1ccc(C(=O)COC(=O)CCNC(=O)Nc2ccccc2)s1. The topological polar surface area (TPSA) is 84.5 Å². The predicted molar refractivity (Wildman–Crippen MR) is 92.4 cm³/mol. The third kappa shape index (κ3) is 5.85. The summed E-state index contributed by atoms with van der Waals surface area (Å²) in [5.41, 5.74) is 0.661. The highest BCUT2D eigenvalue weighted by atomic mass is 32.1. The number of nitrogens with one attached hydrogen (secondary N) is 2. The zero-order valence-electron chi connectivity index (χ0n) is 13.2. The lowest BCUT2D eigenvalue weighted by atomic mass is 10.3. The average Bonchev–Trinajstić information content (AvgIpc) is 3.00. The van der Waals surface area contributed by atoms with Gasteiger partial charge in [0.05, 0.1) is 11.3 Å². The van der Waals surface area contributed by atoms with Gasteiger partial charge in [-0.15, -0.1) is 11.3 Å². The van der Waals surface area contributed by atoms with E-state index in [-0.39, 0.29) is 25.4 Å². The summed E-state index contributed by atoms with van der Waals surface area (Å²) < 4.78 is 4.91. The van der Waals surface area contributed by atoms with Crippen LogP contribution in [0, 0.1) is 6.92 Å². The molecule has 24 heavy (non-hydrogen) atoms. The fraction of sp³-hybridized carbons (Fsp3) is 0.235. The van der Waals surface area contributed by atoms with Crippen molar-refractivity contribution in [3.05, 3.63) is 52.2 Å². The standard InChI is InChI=1S/C17H18N2O4S/c1-12-7-8-15(24-12)14(20)11-23-16(21)9-10-18-17(22)19-13-5-3-2-4-6-13/h2-8H,9-11H2,1H3,(H2,18,19,22). The molecule has 0 fully saturated rings. The number of anilines is 1. The van der Waals surface area contributed by atoms with Crippen LogP contribution in [0.3, 0.4) is 0 Å². The van der Waals surface area contributed by atoms with Gasteiger partial charge in [0, 0.05) is 17.1 Å². The van der Waals surface area contributed by atoms with Crippen LogP contribution in [0.5, 0.6) is 0 Å². The lowest BCUT2D eigenvalue weighted by Gasteiger charge is -2.07. The minimum absolute atomic E-state index is 0.00103. The molecule has 0 spiro atoms. The van der Waals surface area contributed by atoms with E-state index in [1.165, 1.54) is 11.3 Å². The molecule has 0 bridgehead atoms. The van der Waals surface area contributed by atoms with Crippen LogP contribution in [0.4, 0.5) is 10.5 Å². The Hall–Kier alpha value is -2.67. The molecular formula is C17H18N2O4S. The number of hydrogen-bond donors (Lipinski definition) is 2. The molecule has 126 valence electrons. The molecule has 0 aliphatic carbocycles. The van der Waals surface area contributed by atoms with Gasteiger partial charge in [0.15, 0.2) is 6.61 Å². The van der Waals surface area contributed by atoms with Crippen molar-refractivity contribution in [2.24, 2.45) is 0 Å². The Bertz CT molecular complexity index is 712. The molecule has 6 nitrogen and oxygen atoms in total. The normalized spacial score (nSPS) is 10.0. The average molecular weight is 346 g/mol. The van der Waals surface area contributed by atoms with Crippen LogP contribution in [0.25, 0.3) is 0 Å². The number of amides is 2. The van der Waals surface area contributed by atoms with Gasteiger partial charge in [0.2, 0.25) is 5.78 Å². The van der Waals surface area contributed by atoms with Crippen LogP contribution in [-0.2, 0) is 9.53 Å². The second-order valence-electron chi connectivity index (χ2n) is 4.99. The summed E-state index contributed by atoms with van der Waals surface area (Å²) in [5.74, 6) is -0.757. The van der Waals surface area contributed by atoms with E-state index < -0.39 is 12.0 Å². The van der Waals surface area contributed by atoms with Crippen LogP contribution in [0.1, 0.15) is 21.0 Å². The maximum absolute atomic E-state index is 11.8. The van der Waals surface area contributed by atoms with Gasteiger partial charge in [-0.25, -0.2) is 4.79 Å². The number of ether oxygens (including phenoxy) is 1. The zero-order chi connectivity index (χ0) is 17.4. The molecule has 0 saturated heterocycles. The number of ketones is 1. The van der Waals surface area contributed by atoms with Gasteiger partial charge in [-0.2, -0.15) is 0 Å². The molecule has 2 aromatic rings. The van der Waals surface area contributed by atoms with Crippen LogP contribution < -0.4 is 10.6 Å². The van der Waals surface area contributed by atoms with E-state index in [4.69, 9.17) is 4.74 Å². The van der Waals surface area contributed by atoms with Crippen LogP contribution >= 0.6 is 11.3 Å². The molecule has 0 aliphatic heterocycles. The molecule has 0 aliphatic rings. The Morgan fingerprint density at radius 1 is 1.08 bits per heavy atom. The highest BCUT2D eigenvalue weighted by Gasteiger charge is 2.12. The minimum Gasteiger partial charge on any atom is -0.457 e. The molecule has 2 rings (SSSR count). The molecule has 1 aromatic carbocycles. The van der Waals surface area contributed by atoms with E-state index in [0.29, 0.717) is 10.6 Å². The number of rotatable bonds is 7. The number of carbonyl (C=O) groups excluding carboxylic acids is 3. The Morgan fingerprint density at radius 2 is 1.83 bits per heavy atom. The molecule has 2 amide bonds. The highest BCUT2D eigenvalue weighted by Crippen LogP contribution is 2.15. The predicted octanol–water partition coefficient (Wildman–Crippen LogP) is 2.99. The summed E-state index contributed by atoms with van der Waals surface area (Å²) in [4.78, 5) is 36.6. The van der Waals surface area contributed by atoms with E-state index in [1.54, 1.807) is 30.3 Å². The number of urea groups is 1. The van der Waals surface area contributed by atoms with Crippen molar-refractivity contribution in [1.29, 1.82) is 0 Å². The second-order valence-corrected chi connectivity index (χ2v) is 6.28. The zero-order valence-corrected chi connectivity index (χ0v) is 14.0. The maximum Gasteiger partial charge on any atom is 0.319 e. The van der Waals surface area contributed by atoms with E-state index >= 15 is 0 Å². The number of benzene rings is 1. The lowest BCUT2D eigenvalue weighted by Crippen LogP contribution is -2.31. The number of para-hydroxylation sites is 1. The monoisotopic (exact) mass is 346 g/mol. The summed E-state index contributed by atoms with van der Waals surface area (Å²) in [6, 6.07) is 12.1. The van der Waals surface area contributed by atoms with Crippen LogP contribution in [0.2, 0.25) is 0 Å². The molecule has 1 heterocycles. The summed E-state index contributed by atoms with van der Waals surface area (Å²) >= 11 is 1.36. The van der Waals surface area contributed by atoms with Crippen LogP contribution in [-0.4, -0.2) is 30.9 Å².